The van der Waals surface area contributed by atoms with Crippen molar-refractivity contribution in [2.45, 2.75) is 39.5 Å². The van der Waals surface area contributed by atoms with Gasteiger partial charge >= 0.3 is 0 Å². The molecule has 1 heterocycles. The lowest BCUT2D eigenvalue weighted by molar-refractivity contribution is 0.0987. The summed E-state index contributed by atoms with van der Waals surface area (Å²) in [6.07, 6.45) is 4.77. The van der Waals surface area contributed by atoms with Crippen LogP contribution in [0.3, 0.4) is 0 Å². The first-order valence-electron chi connectivity index (χ1n) is 7.10. The molecule has 100 valence electrons. The molecule has 0 bridgehead atoms. The van der Waals surface area contributed by atoms with Gasteiger partial charge in [0, 0.05) is 12.0 Å². The van der Waals surface area contributed by atoms with Crippen molar-refractivity contribution in [3.8, 4) is 5.75 Å². The van der Waals surface area contributed by atoms with Gasteiger partial charge in [-0.1, -0.05) is 44.9 Å². The van der Waals surface area contributed by atoms with Crippen molar-refractivity contribution in [3.05, 3.63) is 29.8 Å². The van der Waals surface area contributed by atoms with Crippen LogP contribution in [0.15, 0.2) is 24.3 Å². The lowest BCUT2D eigenvalue weighted by atomic mass is 9.73. The van der Waals surface area contributed by atoms with E-state index < -0.39 is 0 Å². The molecule has 1 aliphatic rings. The topological polar surface area (TPSA) is 35.2 Å². The van der Waals surface area contributed by atoms with Crippen LogP contribution in [0.4, 0.5) is 0 Å². The lowest BCUT2D eigenvalue weighted by Crippen LogP contribution is -2.42. The summed E-state index contributed by atoms with van der Waals surface area (Å²) in [5.41, 5.74) is 7.52. The smallest absolute Gasteiger partial charge is 0.122 e. The summed E-state index contributed by atoms with van der Waals surface area (Å²) in [7, 11) is 0. The van der Waals surface area contributed by atoms with Crippen LogP contribution >= 0.6 is 0 Å². The highest BCUT2D eigenvalue weighted by Crippen LogP contribution is 2.38. The third-order valence-corrected chi connectivity index (χ3v) is 4.07. The molecule has 1 aliphatic heterocycles. The molecule has 1 aromatic rings. The Balaban J connectivity index is 2.11. The van der Waals surface area contributed by atoms with E-state index in [0.29, 0.717) is 0 Å². The van der Waals surface area contributed by atoms with E-state index in [1.165, 1.54) is 24.8 Å². The molecule has 2 heteroatoms. The van der Waals surface area contributed by atoms with Crippen molar-refractivity contribution in [2.75, 3.05) is 13.2 Å². The van der Waals surface area contributed by atoms with E-state index in [1.807, 2.05) is 6.07 Å². The van der Waals surface area contributed by atoms with Crippen LogP contribution in [0.25, 0.3) is 0 Å². The first-order valence-corrected chi connectivity index (χ1v) is 7.10. The number of ether oxygens (including phenoxy) is 1. The quantitative estimate of drug-likeness (QED) is 0.865. The third kappa shape index (κ3) is 2.86. The zero-order valence-corrected chi connectivity index (χ0v) is 11.6. The fourth-order valence-electron chi connectivity index (χ4n) is 3.16. The van der Waals surface area contributed by atoms with Gasteiger partial charge in [-0.2, -0.15) is 0 Å². The predicted octanol–water partition coefficient (Wildman–Crippen LogP) is 3.39. The summed E-state index contributed by atoms with van der Waals surface area (Å²) in [4.78, 5) is 0. The van der Waals surface area contributed by atoms with Gasteiger partial charge in [-0.3, -0.25) is 0 Å². The van der Waals surface area contributed by atoms with E-state index in [-0.39, 0.29) is 5.41 Å². The van der Waals surface area contributed by atoms with E-state index in [0.717, 1.165) is 31.2 Å². The fraction of sp³-hybridized carbons (Fsp3) is 0.625. The Bertz CT molecular complexity index is 390. The monoisotopic (exact) mass is 247 g/mol. The highest BCUT2D eigenvalue weighted by atomic mass is 16.5. The standard InChI is InChI=1S/C16H25NO/c1-3-6-13(2)9-16(11-17)10-14-7-4-5-8-15(14)18-12-16/h4-5,7-8,13H,3,6,9-12,17H2,1-2H3. The molecule has 2 rings (SSSR count). The van der Waals surface area contributed by atoms with E-state index in [4.69, 9.17) is 10.5 Å². The first kappa shape index (κ1) is 13.4. The van der Waals surface area contributed by atoms with Crippen LogP contribution in [-0.4, -0.2) is 13.2 Å². The molecule has 2 N–H and O–H groups in total. The average Bonchev–Trinajstić information content (AvgIpc) is 2.39. The largest absolute Gasteiger partial charge is 0.493 e. The number of hydrogen-bond acceptors (Lipinski definition) is 2. The molecule has 0 aromatic heterocycles. The fourth-order valence-corrected chi connectivity index (χ4v) is 3.16. The number of fused-ring (bicyclic) bond motifs is 1. The molecular weight excluding hydrogens is 222 g/mol. The second-order valence-corrected chi connectivity index (χ2v) is 5.88. The van der Waals surface area contributed by atoms with Crippen molar-refractivity contribution in [1.29, 1.82) is 0 Å². The second kappa shape index (κ2) is 5.75. The van der Waals surface area contributed by atoms with Crippen molar-refractivity contribution in [3.63, 3.8) is 0 Å². The van der Waals surface area contributed by atoms with E-state index in [2.05, 4.69) is 32.0 Å². The van der Waals surface area contributed by atoms with Crippen LogP contribution in [0.2, 0.25) is 0 Å². The maximum atomic E-state index is 6.06. The van der Waals surface area contributed by atoms with E-state index in [1.54, 1.807) is 0 Å². The highest BCUT2D eigenvalue weighted by molar-refractivity contribution is 5.36. The lowest BCUT2D eigenvalue weighted by Gasteiger charge is -2.39. The van der Waals surface area contributed by atoms with Gasteiger partial charge in [-0.25, -0.2) is 0 Å². The molecule has 0 radical (unpaired) electrons. The number of hydrogen-bond donors (Lipinski definition) is 1. The first-order chi connectivity index (χ1) is 8.69. The van der Waals surface area contributed by atoms with Gasteiger partial charge in [-0.05, 0) is 30.4 Å². The molecular formula is C16H25NO. The molecule has 2 nitrogen and oxygen atoms in total. The second-order valence-electron chi connectivity index (χ2n) is 5.88. The minimum absolute atomic E-state index is 0.142. The summed E-state index contributed by atoms with van der Waals surface area (Å²) < 4.78 is 5.93. The molecule has 0 aliphatic carbocycles. The van der Waals surface area contributed by atoms with E-state index in [9.17, 15) is 0 Å². The van der Waals surface area contributed by atoms with Crippen LogP contribution in [-0.2, 0) is 6.42 Å². The summed E-state index contributed by atoms with van der Waals surface area (Å²) in [6, 6.07) is 8.35. The van der Waals surface area contributed by atoms with Crippen LogP contribution in [0.1, 0.15) is 38.7 Å². The van der Waals surface area contributed by atoms with Crippen LogP contribution in [0.5, 0.6) is 5.75 Å². The molecule has 0 amide bonds. The number of rotatable bonds is 5. The molecule has 0 saturated carbocycles. The van der Waals surface area contributed by atoms with E-state index >= 15 is 0 Å². The molecule has 0 saturated heterocycles. The minimum atomic E-state index is 0.142. The molecule has 0 spiro atoms. The molecule has 18 heavy (non-hydrogen) atoms. The van der Waals surface area contributed by atoms with Gasteiger partial charge in [0.15, 0.2) is 0 Å². The van der Waals surface area contributed by atoms with Gasteiger partial charge in [0.2, 0.25) is 0 Å². The minimum Gasteiger partial charge on any atom is -0.493 e. The van der Waals surface area contributed by atoms with Crippen molar-refractivity contribution >= 4 is 0 Å². The van der Waals surface area contributed by atoms with Crippen molar-refractivity contribution in [2.24, 2.45) is 17.1 Å². The van der Waals surface area contributed by atoms with Gasteiger partial charge < -0.3 is 10.5 Å². The third-order valence-electron chi connectivity index (χ3n) is 4.07. The summed E-state index contributed by atoms with van der Waals surface area (Å²) >= 11 is 0. The zero-order chi connectivity index (χ0) is 13.0. The van der Waals surface area contributed by atoms with Gasteiger partial charge in [0.25, 0.3) is 0 Å². The Morgan fingerprint density at radius 3 is 2.89 bits per heavy atom. The zero-order valence-electron chi connectivity index (χ0n) is 11.6. The van der Waals surface area contributed by atoms with Crippen molar-refractivity contribution in [1.82, 2.24) is 0 Å². The maximum Gasteiger partial charge on any atom is 0.122 e. The summed E-state index contributed by atoms with van der Waals surface area (Å²) in [5, 5.41) is 0. The number of nitrogens with two attached hydrogens (primary N) is 1. The molecule has 1 aromatic carbocycles. The molecule has 0 fully saturated rings. The Morgan fingerprint density at radius 1 is 1.39 bits per heavy atom. The van der Waals surface area contributed by atoms with Gasteiger partial charge in [-0.15, -0.1) is 0 Å². The van der Waals surface area contributed by atoms with Crippen molar-refractivity contribution < 1.29 is 4.74 Å². The Kier molecular flexibility index (Phi) is 4.28. The number of benzene rings is 1. The summed E-state index contributed by atoms with van der Waals surface area (Å²) in [6.45, 7) is 6.07. The Labute approximate surface area is 111 Å². The Hall–Kier alpha value is -1.02. The number of para-hydroxylation sites is 1. The van der Waals surface area contributed by atoms with Crippen LogP contribution in [0, 0.1) is 11.3 Å². The molecule has 2 atom stereocenters. The maximum absolute atomic E-state index is 6.06. The van der Waals surface area contributed by atoms with Gasteiger partial charge in [0.05, 0.1) is 6.61 Å². The normalized spacial score (nSPS) is 24.2. The average molecular weight is 247 g/mol. The Morgan fingerprint density at radius 2 is 2.17 bits per heavy atom. The van der Waals surface area contributed by atoms with Gasteiger partial charge in [0.1, 0.15) is 5.75 Å². The SMILES string of the molecule is CCCC(C)CC1(CN)COc2ccccc2C1. The predicted molar refractivity (Wildman–Crippen MR) is 75.8 cm³/mol. The highest BCUT2D eigenvalue weighted by Gasteiger charge is 2.35. The van der Waals surface area contributed by atoms with Crippen LogP contribution < -0.4 is 10.5 Å². The summed E-state index contributed by atoms with van der Waals surface area (Å²) in [5.74, 6) is 1.78. The molecule has 2 unspecified atom stereocenters.